The summed E-state index contributed by atoms with van der Waals surface area (Å²) in [6, 6.07) is 12.2. The van der Waals surface area contributed by atoms with Crippen molar-refractivity contribution in [3.8, 4) is 16.9 Å². The molecule has 0 radical (unpaired) electrons. The molecule has 252 valence electrons. The third-order valence-electron chi connectivity index (χ3n) is 9.01. The Kier molecular flexibility index (Phi) is 10.1. The van der Waals surface area contributed by atoms with Crippen molar-refractivity contribution in [3.63, 3.8) is 0 Å². The average molecular weight is 676 g/mol. The van der Waals surface area contributed by atoms with E-state index in [0.29, 0.717) is 65.2 Å². The first-order valence-electron chi connectivity index (χ1n) is 15.9. The lowest BCUT2D eigenvalue weighted by molar-refractivity contribution is 0.0135. The zero-order valence-electron chi connectivity index (χ0n) is 27.4. The third-order valence-corrected chi connectivity index (χ3v) is 9.41. The van der Waals surface area contributed by atoms with E-state index in [4.69, 9.17) is 21.1 Å². The Hall–Kier alpha value is -4.36. The van der Waals surface area contributed by atoms with Gasteiger partial charge >= 0.3 is 0 Å². The number of anilines is 2. The summed E-state index contributed by atoms with van der Waals surface area (Å²) in [6.07, 6.45) is 1.88. The monoisotopic (exact) mass is 675 g/mol. The van der Waals surface area contributed by atoms with Crippen molar-refractivity contribution in [2.24, 2.45) is 7.05 Å². The zero-order chi connectivity index (χ0) is 33.9. The maximum Gasteiger partial charge on any atom is 0.291 e. The summed E-state index contributed by atoms with van der Waals surface area (Å²) in [5, 5.41) is 9.47. The van der Waals surface area contributed by atoms with Crippen molar-refractivity contribution in [1.29, 1.82) is 0 Å². The summed E-state index contributed by atoms with van der Waals surface area (Å²) in [7, 11) is 5.42. The second-order valence-corrected chi connectivity index (χ2v) is 12.6. The Labute approximate surface area is 283 Å². The lowest BCUT2D eigenvalue weighted by Crippen LogP contribution is -2.43. The number of ether oxygens (including phenoxy) is 2. The number of likely N-dealkylation sites (N-methyl/N-ethyl adjacent to an activating group) is 1. The van der Waals surface area contributed by atoms with Gasteiger partial charge in [0.1, 0.15) is 17.6 Å². The number of hydrogen-bond donors (Lipinski definition) is 3. The fraction of sp³-hybridized carbons (Fsp3) is 0.371. The minimum atomic E-state index is -1.09. The van der Waals surface area contributed by atoms with Gasteiger partial charge in [-0.25, -0.2) is 9.37 Å². The van der Waals surface area contributed by atoms with Crippen LogP contribution >= 0.6 is 11.6 Å². The van der Waals surface area contributed by atoms with E-state index >= 15 is 0 Å². The van der Waals surface area contributed by atoms with Crippen molar-refractivity contribution >= 4 is 34.8 Å². The maximum atomic E-state index is 14.2. The normalized spacial score (nSPS) is 17.9. The molecule has 2 atom stereocenters. The van der Waals surface area contributed by atoms with E-state index in [-0.39, 0.29) is 24.2 Å². The lowest BCUT2D eigenvalue weighted by atomic mass is 9.98. The number of amides is 2. The number of benzene rings is 2. The van der Waals surface area contributed by atoms with Crippen molar-refractivity contribution in [2.75, 3.05) is 44.5 Å². The topological polar surface area (TPSA) is 123 Å². The maximum absolute atomic E-state index is 14.2. The smallest absolute Gasteiger partial charge is 0.291 e. The number of methoxy groups -OCH3 is 1. The number of rotatable bonds is 9. The standard InChI is InChI=1S/C35H39ClFN7O4/c1-20-22(23-8-6-10-27(32(23)36)42-35(46)33-40-29-18-43(2)13-11-30(29)44(33)3)7-5-9-25(20)41-34(45)28-15-31(47-4)21(17-39-28)16-38-26-12-14-48-19-24(26)37/h5-10,15,17,24,26,38H,11-14,16,18-19H2,1-4H3,(H,41,45)(H,42,46)/t24-,26+/m0/s1. The minimum Gasteiger partial charge on any atom is -0.496 e. The molecular formula is C35H39ClFN7O4. The molecule has 48 heavy (non-hydrogen) atoms. The molecule has 6 rings (SSSR count). The van der Waals surface area contributed by atoms with Gasteiger partial charge in [-0.05, 0) is 43.7 Å². The Morgan fingerprint density at radius 1 is 1.10 bits per heavy atom. The van der Waals surface area contributed by atoms with E-state index in [0.717, 1.165) is 35.5 Å². The summed E-state index contributed by atoms with van der Waals surface area (Å²) in [5.41, 5.74) is 6.15. The molecule has 2 aromatic carbocycles. The predicted molar refractivity (Wildman–Crippen MR) is 183 cm³/mol. The SMILES string of the molecule is COc1cc(C(=O)Nc2cccc(-c3cccc(NC(=O)c4nc5c(n4C)CCN(C)C5)c3Cl)c2C)ncc1CN[C@@H]1CCOC[C@@H]1F. The second-order valence-electron chi connectivity index (χ2n) is 12.2. The number of imidazole rings is 1. The van der Waals surface area contributed by atoms with Gasteiger partial charge in [0.15, 0.2) is 5.82 Å². The van der Waals surface area contributed by atoms with Crippen LogP contribution < -0.4 is 20.7 Å². The number of carbonyl (C=O) groups excluding carboxylic acids is 2. The van der Waals surface area contributed by atoms with E-state index in [1.54, 1.807) is 24.4 Å². The van der Waals surface area contributed by atoms with E-state index in [2.05, 4.69) is 30.8 Å². The van der Waals surface area contributed by atoms with Gasteiger partial charge in [0.2, 0.25) is 0 Å². The second kappa shape index (κ2) is 14.4. The highest BCUT2D eigenvalue weighted by molar-refractivity contribution is 6.36. The van der Waals surface area contributed by atoms with Crippen LogP contribution in [-0.2, 0) is 31.3 Å². The fourth-order valence-corrected chi connectivity index (χ4v) is 6.49. The summed E-state index contributed by atoms with van der Waals surface area (Å²) in [5.74, 6) is 0.0443. The Morgan fingerprint density at radius 3 is 2.62 bits per heavy atom. The zero-order valence-corrected chi connectivity index (χ0v) is 28.2. The van der Waals surface area contributed by atoms with Crippen molar-refractivity contribution in [3.05, 3.63) is 87.7 Å². The average Bonchev–Trinajstić information content (AvgIpc) is 3.41. The fourth-order valence-electron chi connectivity index (χ4n) is 6.21. The van der Waals surface area contributed by atoms with Crippen molar-refractivity contribution < 1.29 is 23.5 Å². The van der Waals surface area contributed by atoms with Gasteiger partial charge in [-0.2, -0.15) is 0 Å². The summed E-state index contributed by atoms with van der Waals surface area (Å²) in [6.45, 7) is 4.42. The largest absolute Gasteiger partial charge is 0.496 e. The molecule has 2 aliphatic rings. The highest BCUT2D eigenvalue weighted by Crippen LogP contribution is 2.38. The van der Waals surface area contributed by atoms with Gasteiger partial charge in [-0.1, -0.05) is 35.9 Å². The van der Waals surface area contributed by atoms with Crippen LogP contribution in [0.2, 0.25) is 5.02 Å². The molecule has 0 spiro atoms. The highest BCUT2D eigenvalue weighted by Gasteiger charge is 2.26. The molecule has 2 aliphatic heterocycles. The van der Waals surface area contributed by atoms with Crippen LogP contribution in [-0.4, -0.2) is 77.4 Å². The van der Waals surface area contributed by atoms with Gasteiger partial charge in [-0.3, -0.25) is 14.6 Å². The van der Waals surface area contributed by atoms with Crippen LogP contribution in [0.1, 0.15) is 50.0 Å². The predicted octanol–water partition coefficient (Wildman–Crippen LogP) is 5.16. The molecule has 4 heterocycles. The molecule has 2 amide bonds. The first kappa shape index (κ1) is 33.5. The molecule has 11 nitrogen and oxygen atoms in total. The molecule has 0 bridgehead atoms. The molecule has 0 unspecified atom stereocenters. The third kappa shape index (κ3) is 6.93. The van der Waals surface area contributed by atoms with Crippen molar-refractivity contribution in [1.82, 2.24) is 24.8 Å². The number of aromatic nitrogens is 3. The van der Waals surface area contributed by atoms with Gasteiger partial charge in [0.25, 0.3) is 11.8 Å². The molecule has 0 aliphatic carbocycles. The quantitative estimate of drug-likeness (QED) is 0.222. The van der Waals surface area contributed by atoms with Crippen LogP contribution in [0.5, 0.6) is 5.75 Å². The van der Waals surface area contributed by atoms with Crippen LogP contribution in [0.3, 0.4) is 0 Å². The van der Waals surface area contributed by atoms with Crippen LogP contribution in [0, 0.1) is 6.92 Å². The van der Waals surface area contributed by atoms with Gasteiger partial charge in [0.05, 0.1) is 30.1 Å². The summed E-state index contributed by atoms with van der Waals surface area (Å²) < 4.78 is 26.7. The molecule has 4 aromatic rings. The number of nitrogens with zero attached hydrogens (tertiary/aromatic N) is 4. The molecular weight excluding hydrogens is 637 g/mol. The Bertz CT molecular complexity index is 1850. The molecule has 2 aromatic heterocycles. The van der Waals surface area contributed by atoms with Gasteiger partial charge in [-0.15, -0.1) is 0 Å². The van der Waals surface area contributed by atoms with Crippen molar-refractivity contribution in [2.45, 2.75) is 45.1 Å². The van der Waals surface area contributed by atoms with Gasteiger partial charge in [0, 0.05) is 80.5 Å². The molecule has 1 saturated heterocycles. The summed E-state index contributed by atoms with van der Waals surface area (Å²) >= 11 is 6.90. The van der Waals surface area contributed by atoms with E-state index < -0.39 is 12.1 Å². The first-order valence-corrected chi connectivity index (χ1v) is 16.2. The van der Waals surface area contributed by atoms with Gasteiger partial charge < -0.3 is 34.9 Å². The van der Waals surface area contributed by atoms with Crippen LogP contribution in [0.4, 0.5) is 15.8 Å². The first-order chi connectivity index (χ1) is 23.1. The molecule has 3 N–H and O–H groups in total. The highest BCUT2D eigenvalue weighted by atomic mass is 35.5. The molecule has 0 saturated carbocycles. The number of hydrogen-bond acceptors (Lipinski definition) is 8. The number of fused-ring (bicyclic) bond motifs is 1. The van der Waals surface area contributed by atoms with Crippen LogP contribution in [0.25, 0.3) is 11.1 Å². The molecule has 13 heteroatoms. The number of pyridine rings is 1. The Balaban J connectivity index is 1.17. The van der Waals surface area contributed by atoms with E-state index in [9.17, 15) is 14.0 Å². The van der Waals surface area contributed by atoms with Crippen LogP contribution in [0.15, 0.2) is 48.7 Å². The lowest BCUT2D eigenvalue weighted by Gasteiger charge is -2.27. The number of carbonyl (C=O) groups is 2. The minimum absolute atomic E-state index is 0.0760. The van der Waals surface area contributed by atoms with E-state index in [1.807, 2.05) is 49.9 Å². The van der Waals surface area contributed by atoms with E-state index in [1.165, 1.54) is 7.11 Å². The number of nitrogens with one attached hydrogen (secondary N) is 3. The summed E-state index contributed by atoms with van der Waals surface area (Å²) in [4.78, 5) is 37.9. The number of alkyl halides is 1. The molecule has 1 fully saturated rings. The number of halogens is 2. The Morgan fingerprint density at radius 2 is 1.85 bits per heavy atom.